The summed E-state index contributed by atoms with van der Waals surface area (Å²) in [6, 6.07) is 27.8. The molecule has 216 valence electrons. The summed E-state index contributed by atoms with van der Waals surface area (Å²) in [6.07, 6.45) is 22.4. The van der Waals surface area contributed by atoms with Crippen LogP contribution >= 0.6 is 11.8 Å². The lowest BCUT2D eigenvalue weighted by molar-refractivity contribution is 0.174. The molecule has 1 fully saturated rings. The number of hydrogen-bond acceptors (Lipinski definition) is 3. The monoisotopic (exact) mass is 580 g/mol. The Kier molecular flexibility index (Phi) is 6.52. The second-order valence-electron chi connectivity index (χ2n) is 13.3. The molecule has 3 aromatic rings. The number of rotatable bonds is 4. The molecule has 0 spiro atoms. The first-order valence-corrected chi connectivity index (χ1v) is 17.4. The third kappa shape index (κ3) is 4.26. The molecule has 3 aromatic carbocycles. The number of aryl methyl sites for hydroxylation is 1. The zero-order valence-corrected chi connectivity index (χ0v) is 25.6. The van der Waals surface area contributed by atoms with Crippen molar-refractivity contribution in [3.05, 3.63) is 141 Å². The molecule has 6 unspecified atom stereocenters. The highest BCUT2D eigenvalue weighted by Gasteiger charge is 2.48. The molecule has 0 amide bonds. The molecule has 0 aromatic heterocycles. The number of allylic oxidation sites excluding steroid dienone is 6. The SMILES string of the molecule is C1=CCC2C(=C1)SC1=C2CCc2cccc(C3CCC(C4NC(C5C=CCCC5)N4c4ccccc4)c4ccccc43)c21. The summed E-state index contributed by atoms with van der Waals surface area (Å²) < 4.78 is 0. The van der Waals surface area contributed by atoms with Gasteiger partial charge in [-0.1, -0.05) is 103 Å². The van der Waals surface area contributed by atoms with Crippen molar-refractivity contribution < 1.29 is 0 Å². The third-order valence-corrected chi connectivity index (χ3v) is 12.4. The molecule has 2 aliphatic heterocycles. The molecule has 4 aliphatic carbocycles. The molecule has 43 heavy (non-hydrogen) atoms. The van der Waals surface area contributed by atoms with E-state index in [1.54, 1.807) is 43.2 Å². The largest absolute Gasteiger partial charge is 0.339 e. The Balaban J connectivity index is 1.08. The molecule has 6 aliphatic rings. The molecule has 1 N–H and O–H groups in total. The smallest absolute Gasteiger partial charge is 0.0896 e. The summed E-state index contributed by atoms with van der Waals surface area (Å²) in [5, 5.41) is 4.12. The fourth-order valence-corrected chi connectivity index (χ4v) is 10.6. The van der Waals surface area contributed by atoms with E-state index in [4.69, 9.17) is 0 Å². The fourth-order valence-electron chi connectivity index (χ4n) is 9.10. The van der Waals surface area contributed by atoms with Crippen molar-refractivity contribution in [1.29, 1.82) is 0 Å². The molecule has 6 atom stereocenters. The van der Waals surface area contributed by atoms with Crippen molar-refractivity contribution in [2.75, 3.05) is 4.90 Å². The highest BCUT2D eigenvalue weighted by atomic mass is 32.2. The normalized spacial score (nSPS) is 30.6. The van der Waals surface area contributed by atoms with Gasteiger partial charge in [-0.15, -0.1) is 0 Å². The van der Waals surface area contributed by atoms with E-state index in [0.29, 0.717) is 36.0 Å². The van der Waals surface area contributed by atoms with E-state index in [-0.39, 0.29) is 0 Å². The van der Waals surface area contributed by atoms with Crippen LogP contribution in [0.15, 0.2) is 114 Å². The van der Waals surface area contributed by atoms with Gasteiger partial charge in [0.2, 0.25) is 0 Å². The molecular weight excluding hydrogens is 541 g/mol. The van der Waals surface area contributed by atoms with Gasteiger partial charge in [-0.25, -0.2) is 0 Å². The van der Waals surface area contributed by atoms with Gasteiger partial charge in [0.25, 0.3) is 0 Å². The summed E-state index contributed by atoms with van der Waals surface area (Å²) in [4.78, 5) is 5.89. The average Bonchev–Trinajstić information content (AvgIpc) is 3.44. The van der Waals surface area contributed by atoms with Crippen molar-refractivity contribution >= 4 is 22.4 Å². The lowest BCUT2D eigenvalue weighted by atomic mass is 9.69. The number of para-hydroxylation sites is 1. The molecule has 0 saturated carbocycles. The number of anilines is 1. The van der Waals surface area contributed by atoms with E-state index < -0.39 is 0 Å². The van der Waals surface area contributed by atoms with Crippen molar-refractivity contribution in [3.8, 4) is 0 Å². The Hall–Kier alpha value is -3.27. The molecule has 1 saturated heterocycles. The van der Waals surface area contributed by atoms with Crippen LogP contribution in [-0.2, 0) is 6.42 Å². The van der Waals surface area contributed by atoms with Crippen LogP contribution < -0.4 is 10.2 Å². The first-order chi connectivity index (χ1) is 21.3. The lowest BCUT2D eigenvalue weighted by Gasteiger charge is -2.58. The summed E-state index contributed by atoms with van der Waals surface area (Å²) in [7, 11) is 0. The number of benzene rings is 3. The molecular formula is C40H40N2S. The first kappa shape index (κ1) is 26.2. The van der Waals surface area contributed by atoms with Gasteiger partial charge in [0.05, 0.1) is 12.3 Å². The first-order valence-electron chi connectivity index (χ1n) is 16.6. The van der Waals surface area contributed by atoms with Crippen LogP contribution in [0.4, 0.5) is 5.69 Å². The Labute approximate surface area is 260 Å². The maximum Gasteiger partial charge on any atom is 0.0896 e. The van der Waals surface area contributed by atoms with E-state index in [1.165, 1.54) is 57.1 Å². The van der Waals surface area contributed by atoms with Crippen LogP contribution in [0.2, 0.25) is 0 Å². The summed E-state index contributed by atoms with van der Waals surface area (Å²) in [5.74, 6) is 2.13. The second-order valence-corrected chi connectivity index (χ2v) is 14.4. The quantitative estimate of drug-likeness (QED) is 0.309. The Morgan fingerprint density at radius 3 is 2.49 bits per heavy atom. The summed E-state index contributed by atoms with van der Waals surface area (Å²) >= 11 is 2.08. The van der Waals surface area contributed by atoms with Crippen LogP contribution in [0.5, 0.6) is 0 Å². The van der Waals surface area contributed by atoms with Gasteiger partial charge in [-0.05, 0) is 102 Å². The number of nitrogens with zero attached hydrogens (tertiary/aromatic N) is 1. The molecule has 0 radical (unpaired) electrons. The van der Waals surface area contributed by atoms with Crippen molar-refractivity contribution in [3.63, 3.8) is 0 Å². The van der Waals surface area contributed by atoms with Crippen molar-refractivity contribution in [1.82, 2.24) is 5.32 Å². The number of thioether (sulfide) groups is 1. The van der Waals surface area contributed by atoms with Crippen molar-refractivity contribution in [2.45, 2.75) is 75.5 Å². The zero-order valence-electron chi connectivity index (χ0n) is 24.8. The highest BCUT2D eigenvalue weighted by molar-refractivity contribution is 8.12. The van der Waals surface area contributed by atoms with Gasteiger partial charge >= 0.3 is 0 Å². The van der Waals surface area contributed by atoms with E-state index in [9.17, 15) is 0 Å². The van der Waals surface area contributed by atoms with E-state index in [0.717, 1.165) is 0 Å². The molecule has 0 bridgehead atoms. The third-order valence-electron chi connectivity index (χ3n) is 11.1. The van der Waals surface area contributed by atoms with Crippen LogP contribution in [0, 0.1) is 11.8 Å². The lowest BCUT2D eigenvalue weighted by Crippen LogP contribution is -2.74. The Morgan fingerprint density at radius 2 is 1.60 bits per heavy atom. The average molecular weight is 581 g/mol. The van der Waals surface area contributed by atoms with E-state index in [1.807, 2.05) is 0 Å². The number of hydrogen-bond donors (Lipinski definition) is 1. The second kappa shape index (κ2) is 10.7. The van der Waals surface area contributed by atoms with Gasteiger partial charge in [0.1, 0.15) is 0 Å². The number of fused-ring (bicyclic) bond motifs is 5. The van der Waals surface area contributed by atoms with Gasteiger partial charge in [0.15, 0.2) is 0 Å². The van der Waals surface area contributed by atoms with Gasteiger partial charge in [-0.3, -0.25) is 5.32 Å². The minimum atomic E-state index is 0.330. The molecule has 9 rings (SSSR count). The van der Waals surface area contributed by atoms with Crippen LogP contribution in [0.1, 0.15) is 84.6 Å². The van der Waals surface area contributed by atoms with Gasteiger partial charge in [-0.2, -0.15) is 0 Å². The molecule has 2 heterocycles. The van der Waals surface area contributed by atoms with Crippen LogP contribution in [0.25, 0.3) is 4.91 Å². The summed E-state index contributed by atoms with van der Waals surface area (Å²) in [5.41, 5.74) is 10.9. The van der Waals surface area contributed by atoms with E-state index in [2.05, 4.69) is 125 Å². The number of nitrogens with one attached hydrogen (secondary N) is 1. The Morgan fingerprint density at radius 1 is 0.744 bits per heavy atom. The van der Waals surface area contributed by atoms with Gasteiger partial charge in [0, 0.05) is 34.3 Å². The minimum Gasteiger partial charge on any atom is -0.339 e. The standard InChI is InChI=1S/C40H40N2S/c1-3-12-27(13-4-1)39-41-40(42(39)28-15-5-2-6-16-28)35-25-24-31(29-17-7-8-18-30(29)35)33-20-11-14-26-22-23-34-32-19-9-10-21-36(32)43-38(34)37(26)33/h2-3,5-12,14-18,20-21,27,31-32,35,39-41H,1,4,13,19,22-25H2. The maximum absolute atomic E-state index is 4.12. The van der Waals surface area contributed by atoms with Crippen LogP contribution in [0.3, 0.4) is 0 Å². The minimum absolute atomic E-state index is 0.330. The Bertz CT molecular complexity index is 1680. The summed E-state index contributed by atoms with van der Waals surface area (Å²) in [6.45, 7) is 0. The maximum atomic E-state index is 4.12. The fraction of sp³-hybridized carbons (Fsp3) is 0.350. The molecule has 2 nitrogen and oxygen atoms in total. The van der Waals surface area contributed by atoms with Crippen LogP contribution in [-0.4, -0.2) is 12.3 Å². The zero-order chi connectivity index (χ0) is 28.3. The topological polar surface area (TPSA) is 15.3 Å². The predicted molar refractivity (Wildman–Crippen MR) is 181 cm³/mol. The van der Waals surface area contributed by atoms with Crippen molar-refractivity contribution in [2.24, 2.45) is 11.8 Å². The predicted octanol–water partition coefficient (Wildman–Crippen LogP) is 9.68. The van der Waals surface area contributed by atoms with Gasteiger partial charge < -0.3 is 4.90 Å². The molecule has 3 heteroatoms. The van der Waals surface area contributed by atoms with E-state index >= 15 is 0 Å². The highest BCUT2D eigenvalue weighted by Crippen LogP contribution is 2.58.